The maximum Gasteiger partial charge on any atom is 0.337 e. The van der Waals surface area contributed by atoms with Crippen molar-refractivity contribution in [3.8, 4) is 0 Å². The van der Waals surface area contributed by atoms with Crippen LogP contribution in [0.3, 0.4) is 0 Å². The fraction of sp³-hybridized carbons (Fsp3) is 1.00. The summed E-state index contributed by atoms with van der Waals surface area (Å²) in [5.74, 6) is 0.571. The molecule has 0 amide bonds. The lowest BCUT2D eigenvalue weighted by atomic mass is 9.99. The Labute approximate surface area is 196 Å². The van der Waals surface area contributed by atoms with Gasteiger partial charge in [0, 0.05) is 26.4 Å². The second kappa shape index (κ2) is 19.7. The average molecular weight is 478 g/mol. The van der Waals surface area contributed by atoms with Gasteiger partial charge >= 0.3 is 17.1 Å². The molecule has 0 aliphatic rings. The van der Waals surface area contributed by atoms with Gasteiger partial charge in [0.1, 0.15) is 0 Å². The van der Waals surface area contributed by atoms with E-state index in [1.165, 1.54) is 12.8 Å². The third-order valence-electron chi connectivity index (χ3n) is 6.03. The predicted octanol–water partition coefficient (Wildman–Crippen LogP) is 6.75. The highest BCUT2D eigenvalue weighted by molar-refractivity contribution is 6.67. The summed E-state index contributed by atoms with van der Waals surface area (Å²) in [6.45, 7) is 17.2. The molecule has 0 saturated heterocycles. The Balaban J connectivity index is 4.66. The molecule has 0 fully saturated rings. The van der Waals surface area contributed by atoms with Gasteiger partial charge in [-0.3, -0.25) is 0 Å². The maximum atomic E-state index is 6.32. The summed E-state index contributed by atoms with van der Waals surface area (Å²) in [6.07, 6.45) is 8.87. The van der Waals surface area contributed by atoms with Crippen LogP contribution in [0.2, 0.25) is 24.2 Å². The molecule has 0 spiro atoms. The molecule has 0 aromatic heterocycles. The summed E-state index contributed by atoms with van der Waals surface area (Å²) in [5, 5.41) is 0. The normalized spacial score (nSPS) is 12.8. The van der Waals surface area contributed by atoms with E-state index in [4.69, 9.17) is 23.4 Å². The van der Waals surface area contributed by atoms with E-state index in [2.05, 4.69) is 41.5 Å². The van der Waals surface area contributed by atoms with Crippen LogP contribution in [0, 0.1) is 5.92 Å². The number of hydrogen-bond acceptors (Lipinski definition) is 5. The van der Waals surface area contributed by atoms with Crippen LogP contribution in [0.4, 0.5) is 0 Å². The molecule has 0 aromatic rings. The summed E-state index contributed by atoms with van der Waals surface area (Å²) < 4.78 is 25.3. The molecule has 0 aliphatic heterocycles. The topological polar surface area (TPSA) is 62.9 Å². The molecule has 2 N–H and O–H groups in total. The third-order valence-corrected chi connectivity index (χ3v) is 13.3. The molecule has 31 heavy (non-hydrogen) atoms. The quantitative estimate of drug-likeness (QED) is 0.165. The highest BCUT2D eigenvalue weighted by Gasteiger charge is 2.36. The Morgan fingerprint density at radius 3 is 1.13 bits per heavy atom. The zero-order valence-corrected chi connectivity index (χ0v) is 23.8. The fourth-order valence-corrected chi connectivity index (χ4v) is 10.0. The lowest BCUT2D eigenvalue weighted by molar-refractivity contribution is 0.166. The Morgan fingerprint density at radius 1 is 0.581 bits per heavy atom. The Morgan fingerprint density at radius 2 is 0.903 bits per heavy atom. The molecule has 0 aliphatic carbocycles. The third kappa shape index (κ3) is 13.5. The highest BCUT2D eigenvalue weighted by Crippen LogP contribution is 2.28. The van der Waals surface area contributed by atoms with Crippen molar-refractivity contribution in [2.45, 2.75) is 117 Å². The van der Waals surface area contributed by atoms with E-state index < -0.39 is 17.1 Å². The van der Waals surface area contributed by atoms with Crippen LogP contribution in [0.5, 0.6) is 0 Å². The van der Waals surface area contributed by atoms with Crippen LogP contribution in [0.15, 0.2) is 0 Å². The molecule has 0 radical (unpaired) electrons. The zero-order chi connectivity index (χ0) is 23.4. The molecule has 5 nitrogen and oxygen atoms in total. The molecule has 0 bridgehead atoms. The average Bonchev–Trinajstić information content (AvgIpc) is 2.81. The lowest BCUT2D eigenvalue weighted by Gasteiger charge is -2.31. The first-order valence-electron chi connectivity index (χ1n) is 13.3. The van der Waals surface area contributed by atoms with Gasteiger partial charge < -0.3 is 23.4 Å². The minimum atomic E-state index is -2.06. The summed E-state index contributed by atoms with van der Waals surface area (Å²) in [4.78, 5) is 0. The van der Waals surface area contributed by atoms with Gasteiger partial charge in [0.2, 0.25) is 0 Å². The van der Waals surface area contributed by atoms with Gasteiger partial charge in [-0.25, -0.2) is 0 Å². The van der Waals surface area contributed by atoms with E-state index in [0.717, 1.165) is 95.7 Å². The molecular formula is C24H55NO4Si2. The standard InChI is InChI=1S/C24H55NO4Si2/c1-7-17-26-30(11-5,27-18-8-2)21-13-15-24(23-25)16-14-22-31(12-6,28-19-9-3)29-20-10-4/h24H,7-23,25H2,1-6H3. The number of rotatable bonds is 23. The first kappa shape index (κ1) is 31.2. The first-order chi connectivity index (χ1) is 15.0. The van der Waals surface area contributed by atoms with Gasteiger partial charge in [-0.15, -0.1) is 0 Å². The van der Waals surface area contributed by atoms with E-state index in [1.807, 2.05) is 0 Å². The van der Waals surface area contributed by atoms with Crippen molar-refractivity contribution in [2.75, 3.05) is 33.0 Å². The van der Waals surface area contributed by atoms with Crippen molar-refractivity contribution >= 4 is 17.1 Å². The molecule has 188 valence electrons. The zero-order valence-electron chi connectivity index (χ0n) is 21.8. The van der Waals surface area contributed by atoms with E-state index in [9.17, 15) is 0 Å². The van der Waals surface area contributed by atoms with Crippen molar-refractivity contribution in [1.82, 2.24) is 0 Å². The molecule has 0 heterocycles. The van der Waals surface area contributed by atoms with Crippen molar-refractivity contribution in [1.29, 1.82) is 0 Å². The predicted molar refractivity (Wildman–Crippen MR) is 138 cm³/mol. The second-order valence-electron chi connectivity index (χ2n) is 8.81. The first-order valence-corrected chi connectivity index (χ1v) is 17.7. The van der Waals surface area contributed by atoms with Gasteiger partial charge in [-0.2, -0.15) is 0 Å². The van der Waals surface area contributed by atoms with Crippen molar-refractivity contribution in [2.24, 2.45) is 11.7 Å². The maximum absolute atomic E-state index is 6.32. The van der Waals surface area contributed by atoms with Crippen molar-refractivity contribution in [3.05, 3.63) is 0 Å². The highest BCUT2D eigenvalue weighted by atomic mass is 28.4. The van der Waals surface area contributed by atoms with Crippen LogP contribution >= 0.6 is 0 Å². The molecular weight excluding hydrogens is 422 g/mol. The molecule has 0 atom stereocenters. The smallest absolute Gasteiger partial charge is 0.337 e. The Kier molecular flexibility index (Phi) is 19.8. The van der Waals surface area contributed by atoms with Crippen molar-refractivity contribution in [3.63, 3.8) is 0 Å². The van der Waals surface area contributed by atoms with Gasteiger partial charge in [0.25, 0.3) is 0 Å². The SMILES string of the molecule is CCCO[Si](CC)(CCCC(CN)CCC[Si](CC)(OCCC)OCCC)OCCC. The van der Waals surface area contributed by atoms with Crippen LogP contribution < -0.4 is 5.73 Å². The number of nitrogens with two attached hydrogens (primary N) is 1. The summed E-state index contributed by atoms with van der Waals surface area (Å²) >= 11 is 0. The lowest BCUT2D eigenvalue weighted by Crippen LogP contribution is -2.42. The van der Waals surface area contributed by atoms with E-state index in [-0.39, 0.29) is 0 Å². The monoisotopic (exact) mass is 477 g/mol. The summed E-state index contributed by atoms with van der Waals surface area (Å²) in [6, 6.07) is 4.25. The second-order valence-corrected chi connectivity index (χ2v) is 16.0. The van der Waals surface area contributed by atoms with E-state index in [0.29, 0.717) is 5.92 Å². The van der Waals surface area contributed by atoms with Crippen LogP contribution in [0.25, 0.3) is 0 Å². The van der Waals surface area contributed by atoms with Gasteiger partial charge in [0.15, 0.2) is 0 Å². The molecule has 0 rings (SSSR count). The van der Waals surface area contributed by atoms with Gasteiger partial charge in [-0.05, 0) is 75.2 Å². The van der Waals surface area contributed by atoms with Gasteiger partial charge in [-0.1, -0.05) is 54.4 Å². The van der Waals surface area contributed by atoms with E-state index in [1.54, 1.807) is 0 Å². The minimum absolute atomic E-state index is 0.571. The fourth-order valence-electron chi connectivity index (χ4n) is 3.99. The van der Waals surface area contributed by atoms with Crippen molar-refractivity contribution < 1.29 is 17.7 Å². The number of hydrogen-bond donors (Lipinski definition) is 1. The molecule has 0 aromatic carbocycles. The van der Waals surface area contributed by atoms with Crippen LogP contribution in [-0.4, -0.2) is 50.1 Å². The molecule has 0 unspecified atom stereocenters. The van der Waals surface area contributed by atoms with Crippen LogP contribution in [-0.2, 0) is 17.7 Å². The van der Waals surface area contributed by atoms with Gasteiger partial charge in [0.05, 0.1) is 0 Å². The summed E-state index contributed by atoms with van der Waals surface area (Å²) in [5.41, 5.74) is 6.16. The van der Waals surface area contributed by atoms with Crippen LogP contribution in [0.1, 0.15) is 92.9 Å². The Hall–Kier alpha value is 0.234. The summed E-state index contributed by atoms with van der Waals surface area (Å²) in [7, 11) is -4.12. The Bertz CT molecular complexity index is 352. The molecule has 0 saturated carbocycles. The largest absolute Gasteiger partial charge is 0.394 e. The van der Waals surface area contributed by atoms with E-state index >= 15 is 0 Å². The minimum Gasteiger partial charge on any atom is -0.394 e. The molecule has 7 heteroatoms.